The molecule has 118 valence electrons. The van der Waals surface area contributed by atoms with Crippen molar-refractivity contribution in [3.05, 3.63) is 0 Å². The minimum absolute atomic E-state index is 0.201. The Morgan fingerprint density at radius 3 is 2.00 bits per heavy atom. The number of ether oxygens (including phenoxy) is 1. The molecule has 5 heteroatoms. The maximum Gasteiger partial charge on any atom is 0.402 e. The van der Waals surface area contributed by atoms with Crippen molar-refractivity contribution in [1.29, 1.82) is 0 Å². The lowest BCUT2D eigenvalue weighted by atomic mass is 9.72. The van der Waals surface area contributed by atoms with Crippen molar-refractivity contribution in [2.75, 3.05) is 0 Å². The fourth-order valence-corrected chi connectivity index (χ4v) is 2.82. The maximum atomic E-state index is 12.6. The smallest absolute Gasteiger partial charge is 0.402 e. The van der Waals surface area contributed by atoms with E-state index in [1.54, 1.807) is 0 Å². The van der Waals surface area contributed by atoms with E-state index in [9.17, 15) is 18.0 Å². The van der Waals surface area contributed by atoms with Crippen molar-refractivity contribution >= 4 is 5.97 Å². The van der Waals surface area contributed by atoms with E-state index < -0.39 is 18.1 Å². The first-order chi connectivity index (χ1) is 9.05. The van der Waals surface area contributed by atoms with Crippen LogP contribution >= 0.6 is 0 Å². The van der Waals surface area contributed by atoms with Crippen LogP contribution in [0.2, 0.25) is 0 Å². The molecule has 1 rings (SSSR count). The zero-order valence-electron chi connectivity index (χ0n) is 12.7. The Bertz CT molecular complexity index is 323. The quantitative estimate of drug-likeness (QED) is 0.704. The molecule has 0 heterocycles. The van der Waals surface area contributed by atoms with Gasteiger partial charge < -0.3 is 4.74 Å². The number of carbonyl (C=O) groups is 1. The van der Waals surface area contributed by atoms with Gasteiger partial charge in [-0.3, -0.25) is 4.79 Å². The van der Waals surface area contributed by atoms with Crippen molar-refractivity contribution in [1.82, 2.24) is 0 Å². The van der Waals surface area contributed by atoms with Gasteiger partial charge in [0.25, 0.3) is 0 Å². The Kier molecular flexibility index (Phi) is 5.50. The van der Waals surface area contributed by atoms with E-state index >= 15 is 0 Å². The summed E-state index contributed by atoms with van der Waals surface area (Å²) in [4.78, 5) is 11.6. The maximum absolute atomic E-state index is 12.6. The lowest BCUT2D eigenvalue weighted by molar-refractivity contribution is -0.202. The summed E-state index contributed by atoms with van der Waals surface area (Å²) in [6.45, 7) is 7.86. The van der Waals surface area contributed by atoms with Gasteiger partial charge in [0.15, 0.2) is 5.92 Å². The molecule has 0 bridgehead atoms. The van der Waals surface area contributed by atoms with E-state index in [2.05, 4.69) is 20.8 Å². The molecule has 0 radical (unpaired) electrons. The summed E-state index contributed by atoms with van der Waals surface area (Å²) in [6, 6.07) is 0. The van der Waals surface area contributed by atoms with Crippen LogP contribution in [0.15, 0.2) is 0 Å². The molecule has 0 N–H and O–H groups in total. The Balaban J connectivity index is 2.50. The Morgan fingerprint density at radius 1 is 1.15 bits per heavy atom. The van der Waals surface area contributed by atoms with Gasteiger partial charge in [-0.05, 0) is 43.4 Å². The zero-order chi connectivity index (χ0) is 15.6. The molecule has 0 aromatic carbocycles. The Morgan fingerprint density at radius 2 is 1.65 bits per heavy atom. The van der Waals surface area contributed by atoms with Gasteiger partial charge in [-0.15, -0.1) is 0 Å². The molecule has 20 heavy (non-hydrogen) atoms. The van der Waals surface area contributed by atoms with Crippen molar-refractivity contribution in [2.45, 2.75) is 72.1 Å². The summed E-state index contributed by atoms with van der Waals surface area (Å²) in [5.41, 5.74) is 0.201. The highest BCUT2D eigenvalue weighted by Crippen LogP contribution is 2.39. The second-order valence-electron chi connectivity index (χ2n) is 6.78. The van der Waals surface area contributed by atoms with E-state index in [0.717, 1.165) is 12.8 Å². The molecule has 1 aliphatic rings. The van der Waals surface area contributed by atoms with Gasteiger partial charge >= 0.3 is 12.1 Å². The molecule has 0 aromatic rings. The number of rotatable bonds is 3. The first-order valence-electron chi connectivity index (χ1n) is 7.33. The lowest BCUT2D eigenvalue weighted by Crippen LogP contribution is -2.36. The summed E-state index contributed by atoms with van der Waals surface area (Å²) in [6.07, 6.45) is -1.97. The number of alkyl halides is 3. The first kappa shape index (κ1) is 17.3. The van der Waals surface area contributed by atoms with Gasteiger partial charge in [-0.1, -0.05) is 27.7 Å². The minimum Gasteiger partial charge on any atom is -0.462 e. The molecular weight excluding hydrogens is 269 g/mol. The van der Waals surface area contributed by atoms with Gasteiger partial charge in [0.2, 0.25) is 0 Å². The minimum atomic E-state index is -4.51. The van der Waals surface area contributed by atoms with Crippen LogP contribution in [0.25, 0.3) is 0 Å². The number of esters is 1. The Labute approximate surface area is 119 Å². The van der Waals surface area contributed by atoms with Crippen molar-refractivity contribution in [3.8, 4) is 0 Å². The van der Waals surface area contributed by atoms with Crippen LogP contribution in [0.5, 0.6) is 0 Å². The van der Waals surface area contributed by atoms with Crippen molar-refractivity contribution < 1.29 is 22.7 Å². The third kappa shape index (κ3) is 4.67. The molecule has 0 aromatic heterocycles. The summed E-state index contributed by atoms with van der Waals surface area (Å²) < 4.78 is 43.0. The summed E-state index contributed by atoms with van der Waals surface area (Å²) in [7, 11) is 0. The number of halogens is 3. The van der Waals surface area contributed by atoms with Gasteiger partial charge in [-0.2, -0.15) is 13.2 Å². The van der Waals surface area contributed by atoms with Gasteiger partial charge in [-0.25, -0.2) is 0 Å². The molecule has 0 saturated heterocycles. The molecule has 0 aliphatic heterocycles. The predicted octanol–water partition coefficient (Wildman–Crippen LogP) is 4.72. The topological polar surface area (TPSA) is 26.3 Å². The zero-order valence-corrected chi connectivity index (χ0v) is 12.7. The third-order valence-electron chi connectivity index (χ3n) is 4.27. The fourth-order valence-electron chi connectivity index (χ4n) is 2.82. The first-order valence-corrected chi connectivity index (χ1v) is 7.33. The second kappa shape index (κ2) is 6.35. The molecule has 1 fully saturated rings. The summed E-state index contributed by atoms with van der Waals surface area (Å²) in [5, 5.41) is 0. The Hall–Kier alpha value is -0.740. The van der Waals surface area contributed by atoms with E-state index in [1.807, 2.05) is 0 Å². The molecule has 0 amide bonds. The molecule has 1 saturated carbocycles. The van der Waals surface area contributed by atoms with E-state index in [1.165, 1.54) is 6.92 Å². The molecular formula is C15H25F3O2. The van der Waals surface area contributed by atoms with Crippen LogP contribution in [-0.2, 0) is 9.53 Å². The lowest BCUT2D eigenvalue weighted by Gasteiger charge is -2.37. The number of carbonyl (C=O) groups excluding carboxylic acids is 1. The largest absolute Gasteiger partial charge is 0.462 e. The predicted molar refractivity (Wildman–Crippen MR) is 71.1 cm³/mol. The van der Waals surface area contributed by atoms with Gasteiger partial charge in [0.05, 0.1) is 0 Å². The van der Waals surface area contributed by atoms with E-state index in [0.29, 0.717) is 18.8 Å². The van der Waals surface area contributed by atoms with Crippen LogP contribution in [0.1, 0.15) is 59.8 Å². The van der Waals surface area contributed by atoms with Crippen molar-refractivity contribution in [2.24, 2.45) is 17.3 Å². The molecule has 1 unspecified atom stereocenters. The number of hydrogen-bond donors (Lipinski definition) is 0. The highest BCUT2D eigenvalue weighted by atomic mass is 19.4. The standard InChI is InChI=1S/C15H25F3O2/c1-5-12(15(16,17)18)13(19)20-11-8-6-10(7-9-11)14(2,3)4/h10-12H,5-9H2,1-4H3. The van der Waals surface area contributed by atoms with Crippen molar-refractivity contribution in [3.63, 3.8) is 0 Å². The molecule has 2 nitrogen and oxygen atoms in total. The fraction of sp³-hybridized carbons (Fsp3) is 0.933. The SMILES string of the molecule is CCC(C(=O)OC1CCC(C(C)(C)C)CC1)C(F)(F)F. The van der Waals surface area contributed by atoms with Crippen LogP contribution in [0.3, 0.4) is 0 Å². The van der Waals surface area contributed by atoms with E-state index in [-0.39, 0.29) is 17.9 Å². The van der Waals surface area contributed by atoms with Crippen LogP contribution in [0.4, 0.5) is 13.2 Å². The van der Waals surface area contributed by atoms with Gasteiger partial charge in [0, 0.05) is 0 Å². The van der Waals surface area contributed by atoms with Crippen LogP contribution < -0.4 is 0 Å². The summed E-state index contributed by atoms with van der Waals surface area (Å²) in [5.74, 6) is -2.55. The average molecular weight is 294 g/mol. The van der Waals surface area contributed by atoms with E-state index in [4.69, 9.17) is 4.74 Å². The highest BCUT2D eigenvalue weighted by molar-refractivity contribution is 5.73. The normalized spacial score (nSPS) is 26.1. The summed E-state index contributed by atoms with van der Waals surface area (Å²) >= 11 is 0. The third-order valence-corrected chi connectivity index (χ3v) is 4.27. The van der Waals surface area contributed by atoms with Crippen LogP contribution in [0, 0.1) is 17.3 Å². The number of hydrogen-bond acceptors (Lipinski definition) is 2. The molecule has 0 spiro atoms. The molecule has 1 atom stereocenters. The second-order valence-corrected chi connectivity index (χ2v) is 6.78. The van der Waals surface area contributed by atoms with Crippen LogP contribution in [-0.4, -0.2) is 18.2 Å². The average Bonchev–Trinajstić information content (AvgIpc) is 2.27. The monoisotopic (exact) mass is 294 g/mol. The molecule has 1 aliphatic carbocycles. The van der Waals surface area contributed by atoms with Gasteiger partial charge in [0.1, 0.15) is 6.10 Å². The highest BCUT2D eigenvalue weighted by Gasteiger charge is 2.45.